The van der Waals surface area contributed by atoms with E-state index in [9.17, 15) is 9.59 Å². The van der Waals surface area contributed by atoms with Gasteiger partial charge in [-0.15, -0.1) is 11.8 Å². The summed E-state index contributed by atoms with van der Waals surface area (Å²) < 4.78 is 4.66. The molecule has 0 fully saturated rings. The third kappa shape index (κ3) is 2.85. The number of ketones is 1. The quantitative estimate of drug-likeness (QED) is 0.350. The normalized spacial score (nSPS) is 9.94. The van der Waals surface area contributed by atoms with Crippen LogP contribution in [-0.2, 0) is 9.53 Å². The Hall–Kier alpha value is -1.29. The summed E-state index contributed by atoms with van der Waals surface area (Å²) in [5.74, 6) is -1.38. The number of esters is 1. The van der Waals surface area contributed by atoms with Crippen molar-refractivity contribution in [3.8, 4) is 0 Å². The minimum atomic E-state index is -0.793. The highest BCUT2D eigenvalue weighted by Crippen LogP contribution is 2.20. The molecule has 0 bridgehead atoms. The summed E-state index contributed by atoms with van der Waals surface area (Å²) in [6.45, 7) is 3.80. The van der Waals surface area contributed by atoms with Gasteiger partial charge in [0, 0.05) is 10.5 Å². The first kappa shape index (κ1) is 12.8. The molecule has 0 saturated carbocycles. The van der Waals surface area contributed by atoms with Crippen LogP contribution in [0.4, 0.5) is 0 Å². The standard InChI is InChI=1S/C12H14O3S/c1-4-15-12(14)11(13)9-5-6-10(16-3)8(2)7-9/h5-7H,4H2,1-3H3. The molecule has 0 heterocycles. The van der Waals surface area contributed by atoms with Gasteiger partial charge in [-0.25, -0.2) is 4.79 Å². The maximum absolute atomic E-state index is 11.6. The Bertz CT molecular complexity index is 413. The zero-order chi connectivity index (χ0) is 12.1. The van der Waals surface area contributed by atoms with Gasteiger partial charge in [-0.05, 0) is 43.9 Å². The summed E-state index contributed by atoms with van der Waals surface area (Å²) in [5, 5.41) is 0. The zero-order valence-corrected chi connectivity index (χ0v) is 10.4. The van der Waals surface area contributed by atoms with Crippen molar-refractivity contribution in [2.24, 2.45) is 0 Å². The van der Waals surface area contributed by atoms with Crippen molar-refractivity contribution in [1.29, 1.82) is 0 Å². The van der Waals surface area contributed by atoms with Gasteiger partial charge >= 0.3 is 5.97 Å². The van der Waals surface area contributed by atoms with Crippen LogP contribution in [0.1, 0.15) is 22.8 Å². The van der Waals surface area contributed by atoms with Gasteiger partial charge in [0.15, 0.2) is 0 Å². The highest BCUT2D eigenvalue weighted by atomic mass is 32.2. The van der Waals surface area contributed by atoms with Crippen molar-refractivity contribution >= 4 is 23.5 Å². The maximum Gasteiger partial charge on any atom is 0.379 e. The Morgan fingerprint density at radius 1 is 1.38 bits per heavy atom. The van der Waals surface area contributed by atoms with Crippen molar-refractivity contribution in [2.45, 2.75) is 18.7 Å². The van der Waals surface area contributed by atoms with Crippen LogP contribution in [0.5, 0.6) is 0 Å². The molecule has 0 aliphatic heterocycles. The molecule has 0 saturated heterocycles. The first-order valence-corrected chi connectivity index (χ1v) is 6.18. The Labute approximate surface area is 99.2 Å². The smallest absolute Gasteiger partial charge is 0.379 e. The lowest BCUT2D eigenvalue weighted by atomic mass is 10.1. The number of benzene rings is 1. The third-order valence-corrected chi connectivity index (χ3v) is 3.02. The molecule has 3 nitrogen and oxygen atoms in total. The molecule has 16 heavy (non-hydrogen) atoms. The number of aryl methyl sites for hydroxylation is 1. The van der Waals surface area contributed by atoms with Gasteiger partial charge in [0.2, 0.25) is 0 Å². The summed E-state index contributed by atoms with van der Waals surface area (Å²) in [6, 6.07) is 5.20. The molecule has 0 unspecified atom stereocenters. The number of ether oxygens (including phenoxy) is 1. The van der Waals surface area contributed by atoms with Gasteiger partial charge in [0.05, 0.1) is 6.61 Å². The van der Waals surface area contributed by atoms with Crippen molar-refractivity contribution in [1.82, 2.24) is 0 Å². The van der Waals surface area contributed by atoms with Crippen molar-refractivity contribution in [3.05, 3.63) is 29.3 Å². The molecule has 1 rings (SSSR count). The topological polar surface area (TPSA) is 43.4 Å². The number of carbonyl (C=O) groups excluding carboxylic acids is 2. The number of hydrogen-bond donors (Lipinski definition) is 0. The average molecular weight is 238 g/mol. The van der Waals surface area contributed by atoms with Crippen molar-refractivity contribution in [2.75, 3.05) is 12.9 Å². The van der Waals surface area contributed by atoms with E-state index < -0.39 is 11.8 Å². The fraction of sp³-hybridized carbons (Fsp3) is 0.333. The predicted molar refractivity (Wildman–Crippen MR) is 63.9 cm³/mol. The summed E-state index contributed by atoms with van der Waals surface area (Å²) in [5.41, 5.74) is 1.37. The largest absolute Gasteiger partial charge is 0.460 e. The number of rotatable bonds is 4. The summed E-state index contributed by atoms with van der Waals surface area (Å²) in [6.07, 6.45) is 1.97. The van der Waals surface area contributed by atoms with Crippen LogP contribution in [-0.4, -0.2) is 24.6 Å². The monoisotopic (exact) mass is 238 g/mol. The van der Waals surface area contributed by atoms with Crippen LogP contribution >= 0.6 is 11.8 Å². The third-order valence-electron chi connectivity index (χ3n) is 2.12. The highest BCUT2D eigenvalue weighted by Gasteiger charge is 2.17. The van der Waals surface area contributed by atoms with Crippen LogP contribution in [0.15, 0.2) is 23.1 Å². The van der Waals surface area contributed by atoms with E-state index in [0.717, 1.165) is 10.5 Å². The van der Waals surface area contributed by atoms with E-state index in [0.29, 0.717) is 5.56 Å². The van der Waals surface area contributed by atoms with E-state index in [1.165, 1.54) is 0 Å². The fourth-order valence-corrected chi connectivity index (χ4v) is 1.92. The molecule has 0 aliphatic carbocycles. The van der Waals surface area contributed by atoms with Gasteiger partial charge in [-0.3, -0.25) is 4.79 Å². The predicted octanol–water partition coefficient (Wildman–Crippen LogP) is 2.46. The van der Waals surface area contributed by atoms with Gasteiger partial charge in [0.1, 0.15) is 0 Å². The lowest BCUT2D eigenvalue weighted by Crippen LogP contribution is -2.17. The Morgan fingerprint density at radius 3 is 2.56 bits per heavy atom. The molecule has 0 N–H and O–H groups in total. The van der Waals surface area contributed by atoms with Gasteiger partial charge in [-0.2, -0.15) is 0 Å². The van der Waals surface area contributed by atoms with E-state index in [1.54, 1.807) is 30.8 Å². The molecule has 1 aromatic carbocycles. The molecule has 0 spiro atoms. The second kappa shape index (κ2) is 5.70. The molecule has 0 atom stereocenters. The lowest BCUT2D eigenvalue weighted by molar-refractivity contribution is -0.137. The Balaban J connectivity index is 2.93. The molecule has 0 amide bonds. The van der Waals surface area contributed by atoms with Crippen LogP contribution in [0, 0.1) is 6.92 Å². The average Bonchev–Trinajstić information content (AvgIpc) is 2.28. The molecule has 1 aromatic rings. The minimum absolute atomic E-state index is 0.215. The molecular formula is C12H14O3S. The number of carbonyl (C=O) groups is 2. The van der Waals surface area contributed by atoms with Crippen LogP contribution in [0.3, 0.4) is 0 Å². The minimum Gasteiger partial charge on any atom is -0.460 e. The number of thioether (sulfide) groups is 1. The molecule has 0 aliphatic rings. The first-order valence-electron chi connectivity index (χ1n) is 4.96. The molecular weight excluding hydrogens is 224 g/mol. The molecule has 86 valence electrons. The van der Waals surface area contributed by atoms with Gasteiger partial charge in [-0.1, -0.05) is 0 Å². The van der Waals surface area contributed by atoms with Crippen LogP contribution in [0.2, 0.25) is 0 Å². The Morgan fingerprint density at radius 2 is 2.06 bits per heavy atom. The summed E-state index contributed by atoms with van der Waals surface area (Å²) in [4.78, 5) is 23.9. The van der Waals surface area contributed by atoms with Gasteiger partial charge < -0.3 is 4.74 Å². The van der Waals surface area contributed by atoms with Crippen molar-refractivity contribution < 1.29 is 14.3 Å². The Kier molecular flexibility index (Phi) is 4.55. The second-order valence-corrected chi connectivity index (χ2v) is 4.08. The molecule has 4 heteroatoms. The van der Waals surface area contributed by atoms with E-state index in [4.69, 9.17) is 0 Å². The first-order chi connectivity index (χ1) is 7.60. The van der Waals surface area contributed by atoms with Gasteiger partial charge in [0.25, 0.3) is 5.78 Å². The fourth-order valence-electron chi connectivity index (χ4n) is 1.33. The van der Waals surface area contributed by atoms with E-state index in [2.05, 4.69) is 4.74 Å². The van der Waals surface area contributed by atoms with E-state index in [-0.39, 0.29) is 6.61 Å². The zero-order valence-electron chi connectivity index (χ0n) is 9.57. The molecule has 0 radical (unpaired) electrons. The summed E-state index contributed by atoms with van der Waals surface area (Å²) >= 11 is 1.61. The lowest BCUT2D eigenvalue weighted by Gasteiger charge is -2.05. The molecule has 0 aromatic heterocycles. The van der Waals surface area contributed by atoms with E-state index >= 15 is 0 Å². The highest BCUT2D eigenvalue weighted by molar-refractivity contribution is 7.98. The maximum atomic E-state index is 11.6. The van der Waals surface area contributed by atoms with Crippen molar-refractivity contribution in [3.63, 3.8) is 0 Å². The number of Topliss-reactive ketones (excluding diaryl/α,β-unsaturated/α-hetero) is 1. The van der Waals surface area contributed by atoms with E-state index in [1.807, 2.05) is 19.2 Å². The summed E-state index contributed by atoms with van der Waals surface area (Å²) in [7, 11) is 0. The van der Waals surface area contributed by atoms with Crippen LogP contribution in [0.25, 0.3) is 0 Å². The number of hydrogen-bond acceptors (Lipinski definition) is 4. The SMILES string of the molecule is CCOC(=O)C(=O)c1ccc(SC)c(C)c1. The van der Waals surface area contributed by atoms with Crippen LogP contribution < -0.4 is 0 Å². The second-order valence-electron chi connectivity index (χ2n) is 3.23.